The van der Waals surface area contributed by atoms with Crippen LogP contribution in [-0.4, -0.2) is 108 Å². The topological polar surface area (TPSA) is 145 Å². The number of rotatable bonds is 16. The second kappa shape index (κ2) is 27.2. The van der Waals surface area contributed by atoms with Crippen molar-refractivity contribution in [3.05, 3.63) is 175 Å². The van der Waals surface area contributed by atoms with Gasteiger partial charge in [-0.3, -0.25) is 24.1 Å². The average Bonchev–Trinajstić information content (AvgIpc) is 4.09. The number of benzene rings is 4. The smallest absolute Gasteiger partial charge is 0.253 e. The Morgan fingerprint density at radius 3 is 1.33 bits per heavy atom. The molecule has 0 aliphatic carbocycles. The van der Waals surface area contributed by atoms with Crippen LogP contribution in [0.25, 0.3) is 11.1 Å². The van der Waals surface area contributed by atoms with Gasteiger partial charge in [0, 0.05) is 98.0 Å². The van der Waals surface area contributed by atoms with Gasteiger partial charge in [-0.15, -0.1) is 22.7 Å². The lowest BCUT2D eigenvalue weighted by Gasteiger charge is -2.29. The molecule has 4 heterocycles. The molecular formula is C57H74N8O4S3. The predicted molar refractivity (Wildman–Crippen MR) is 302 cm³/mol. The summed E-state index contributed by atoms with van der Waals surface area (Å²) in [4.78, 5) is 43.0. The lowest BCUT2D eigenvalue weighted by Crippen LogP contribution is -2.30. The monoisotopic (exact) mass is 1030 g/mol. The number of likely N-dealkylation sites (tertiary alicyclic amines) is 2. The molecule has 2 aromatic heterocycles. The fourth-order valence-corrected chi connectivity index (χ4v) is 11.1. The number of nitrogens with one attached hydrogen (secondary N) is 1. The van der Waals surface area contributed by atoms with E-state index in [9.17, 15) is 18.0 Å². The Balaban J connectivity index is 0.000000262. The fourth-order valence-electron chi connectivity index (χ4n) is 9.25. The van der Waals surface area contributed by atoms with Gasteiger partial charge in [0.1, 0.15) is 10.0 Å². The number of thiazole rings is 2. The number of nitrogens with zero attached hydrogens (tertiary/aromatic N) is 6. The Morgan fingerprint density at radius 2 is 0.972 bits per heavy atom. The predicted octanol–water partition coefficient (Wildman–Crippen LogP) is 11.7. The summed E-state index contributed by atoms with van der Waals surface area (Å²) in [6, 6.07) is 31.6. The second-order valence-corrected chi connectivity index (χ2v) is 21.3. The third-order valence-corrected chi connectivity index (χ3v) is 15.0. The van der Waals surface area contributed by atoms with Gasteiger partial charge in [0.05, 0.1) is 19.3 Å². The molecule has 0 spiro atoms. The Labute approximate surface area is 437 Å². The van der Waals surface area contributed by atoms with E-state index < -0.39 is 10.0 Å². The van der Waals surface area contributed by atoms with Gasteiger partial charge >= 0.3 is 0 Å². The van der Waals surface area contributed by atoms with Crippen LogP contribution in [-0.2, 0) is 23.1 Å². The minimum Gasteiger partial charge on any atom is -0.399 e. The number of carbonyl (C=O) groups is 2. The quantitative estimate of drug-likeness (QED) is 0.0905. The molecule has 15 heteroatoms. The van der Waals surface area contributed by atoms with Gasteiger partial charge in [-0.05, 0) is 135 Å². The van der Waals surface area contributed by atoms with Crippen molar-refractivity contribution in [2.24, 2.45) is 0 Å². The molecule has 0 unspecified atom stereocenters. The summed E-state index contributed by atoms with van der Waals surface area (Å²) in [6.07, 6.45) is 8.71. The Bertz CT molecular complexity index is 2820. The third-order valence-electron chi connectivity index (χ3n) is 12.9. The van der Waals surface area contributed by atoms with Crippen molar-refractivity contribution >= 4 is 67.0 Å². The van der Waals surface area contributed by atoms with Crippen LogP contribution in [0, 0.1) is 0 Å². The van der Waals surface area contributed by atoms with E-state index in [1.807, 2.05) is 127 Å². The second-order valence-electron chi connectivity index (χ2n) is 17.6. The summed E-state index contributed by atoms with van der Waals surface area (Å²) in [5.74, 6) is 0.112. The first-order valence-electron chi connectivity index (χ1n) is 24.2. The van der Waals surface area contributed by atoms with Gasteiger partial charge < -0.3 is 15.5 Å². The van der Waals surface area contributed by atoms with E-state index in [0.717, 1.165) is 115 Å². The van der Waals surface area contributed by atoms with Crippen LogP contribution in [0.2, 0.25) is 0 Å². The fraction of sp³-hybridized carbons (Fsp3) is 0.368. The van der Waals surface area contributed by atoms with Gasteiger partial charge in [0.2, 0.25) is 10.0 Å². The van der Waals surface area contributed by atoms with Crippen molar-refractivity contribution < 1.29 is 18.0 Å². The maximum Gasteiger partial charge on any atom is 0.253 e. The largest absolute Gasteiger partial charge is 0.399 e. The molecule has 0 saturated carbocycles. The van der Waals surface area contributed by atoms with E-state index in [1.165, 1.54) is 21.7 Å². The van der Waals surface area contributed by atoms with Crippen molar-refractivity contribution in [1.29, 1.82) is 0 Å². The van der Waals surface area contributed by atoms with E-state index >= 15 is 0 Å². The number of amides is 2. The molecule has 0 bridgehead atoms. The number of nitrogen functional groups attached to an aromatic ring is 1. The number of hydrogen-bond donors (Lipinski definition) is 2. The van der Waals surface area contributed by atoms with Crippen molar-refractivity contribution in [1.82, 2.24) is 29.6 Å². The van der Waals surface area contributed by atoms with Crippen LogP contribution >= 0.6 is 22.7 Å². The lowest BCUT2D eigenvalue weighted by atomic mass is 9.88. The molecule has 2 amide bonds. The zero-order chi connectivity index (χ0) is 49.6. The number of sulfonamides is 1. The highest BCUT2D eigenvalue weighted by Gasteiger charge is 2.23. The molecule has 384 valence electrons. The maximum atomic E-state index is 12.8. The van der Waals surface area contributed by atoms with E-state index in [-0.39, 0.29) is 26.7 Å². The van der Waals surface area contributed by atoms with Crippen molar-refractivity contribution in [3.8, 4) is 0 Å². The number of nitrogens with two attached hydrogens (primary N) is 1. The van der Waals surface area contributed by atoms with Crippen LogP contribution in [0.3, 0.4) is 0 Å². The summed E-state index contributed by atoms with van der Waals surface area (Å²) in [5.41, 5.74) is 18.2. The van der Waals surface area contributed by atoms with Crippen LogP contribution in [0.1, 0.15) is 121 Å². The number of carbonyl (C=O) groups excluding carboxylic acids is 2. The highest BCUT2D eigenvalue weighted by Crippen LogP contribution is 2.36. The number of piperidine rings is 2. The molecule has 0 atom stereocenters. The average molecular weight is 1030 g/mol. The zero-order valence-corrected chi connectivity index (χ0v) is 43.5. The molecule has 2 fully saturated rings. The maximum absolute atomic E-state index is 12.8. The molecule has 72 heavy (non-hydrogen) atoms. The van der Waals surface area contributed by atoms with E-state index in [1.54, 1.807) is 28.7 Å². The van der Waals surface area contributed by atoms with Crippen LogP contribution in [0.4, 0.5) is 11.4 Å². The molecule has 3 N–H and O–H groups in total. The molecule has 2 aliphatic heterocycles. The Morgan fingerprint density at radius 1 is 0.583 bits per heavy atom. The van der Waals surface area contributed by atoms with Crippen molar-refractivity contribution in [3.63, 3.8) is 0 Å². The molecule has 8 rings (SSSR count). The molecule has 6 aromatic rings. The van der Waals surface area contributed by atoms with Crippen LogP contribution in [0.15, 0.2) is 131 Å². The molecule has 0 radical (unpaired) electrons. The Hall–Kier alpha value is -5.97. The SMILES string of the molecule is C.C.CCN(CC)C(=O)c1ccc(C(=C2CCN(Cc3nccs3)CC2)c2cccc(N)c2)cc1.CCN(CC)C(=O)c1ccc(C(=C2CCN(Cc3nccs3)CC2)c2cccc(NS(C)(=O)=O)c2)cc1. The highest BCUT2D eigenvalue weighted by atomic mass is 32.2. The van der Waals surface area contributed by atoms with E-state index in [0.29, 0.717) is 37.4 Å². The summed E-state index contributed by atoms with van der Waals surface area (Å²) in [7, 11) is -3.39. The standard InChI is InChI=1S/C28H34N4O3S2.C27H32N4OS.2CH4/c1-4-32(5-2)28(33)23-11-9-21(10-12-23)27(24-7-6-8-25(19-24)30-37(3,34)35)22-13-16-31(17-14-22)20-26-29-15-18-36-26;1-3-31(4-2)27(32)22-10-8-20(9-11-22)26(23-6-5-7-24(28)18-23)21-12-15-30(16-13-21)19-25-29-14-17-33-25;;/h6-12,15,18-19,30H,4-5,13-14,16-17,20H2,1-3H3;5-11,14,17-18H,3-4,12-13,15-16,19,28H2,1-2H3;2*1H4. The highest BCUT2D eigenvalue weighted by molar-refractivity contribution is 7.92. The number of aromatic nitrogens is 2. The number of hydrogen-bond acceptors (Lipinski definition) is 11. The molecule has 12 nitrogen and oxygen atoms in total. The minimum atomic E-state index is -3.39. The zero-order valence-electron chi connectivity index (χ0n) is 41.1. The Kier molecular flexibility index (Phi) is 21.5. The number of anilines is 2. The minimum absolute atomic E-state index is 0. The molecule has 2 aliphatic rings. The summed E-state index contributed by atoms with van der Waals surface area (Å²) < 4.78 is 26.3. The summed E-state index contributed by atoms with van der Waals surface area (Å²) in [5, 5.41) is 6.35. The normalized spacial score (nSPS) is 14.0. The van der Waals surface area contributed by atoms with Crippen molar-refractivity contribution in [2.45, 2.75) is 81.3 Å². The van der Waals surface area contributed by atoms with Gasteiger partial charge in [-0.2, -0.15) is 0 Å². The molecule has 2 saturated heterocycles. The molecule has 4 aromatic carbocycles. The van der Waals surface area contributed by atoms with Gasteiger partial charge in [0.25, 0.3) is 11.8 Å². The van der Waals surface area contributed by atoms with Gasteiger partial charge in [-0.1, -0.05) is 74.5 Å². The lowest BCUT2D eigenvalue weighted by molar-refractivity contribution is 0.0765. The first kappa shape index (κ1) is 56.9. The van der Waals surface area contributed by atoms with Crippen molar-refractivity contribution in [2.75, 3.05) is 69.1 Å². The summed E-state index contributed by atoms with van der Waals surface area (Å²) >= 11 is 3.40. The van der Waals surface area contributed by atoms with E-state index in [2.05, 4.69) is 48.8 Å². The van der Waals surface area contributed by atoms with Gasteiger partial charge in [0.15, 0.2) is 0 Å². The van der Waals surface area contributed by atoms with Crippen LogP contribution in [0.5, 0.6) is 0 Å². The third kappa shape index (κ3) is 15.3. The first-order chi connectivity index (χ1) is 33.9. The van der Waals surface area contributed by atoms with Crippen LogP contribution < -0.4 is 10.5 Å². The van der Waals surface area contributed by atoms with E-state index in [4.69, 9.17) is 5.73 Å². The molecular weight excluding hydrogens is 957 g/mol. The first-order valence-corrected chi connectivity index (χ1v) is 27.9. The van der Waals surface area contributed by atoms with Gasteiger partial charge in [-0.25, -0.2) is 18.4 Å². The summed E-state index contributed by atoms with van der Waals surface area (Å²) in [6.45, 7) is 16.4.